The van der Waals surface area contributed by atoms with Gasteiger partial charge in [-0.3, -0.25) is 0 Å². The molecule has 0 radical (unpaired) electrons. The number of hydrogen-bond acceptors (Lipinski definition) is 2. The summed E-state index contributed by atoms with van der Waals surface area (Å²) in [5.41, 5.74) is 1.31. The minimum absolute atomic E-state index is 0.340. The highest BCUT2D eigenvalue weighted by Gasteiger charge is 2.29. The highest BCUT2D eigenvalue weighted by Crippen LogP contribution is 2.22. The second kappa shape index (κ2) is 6.25. The quantitative estimate of drug-likeness (QED) is 0.819. The number of nitrogens with one attached hydrogen (secondary N) is 1. The fourth-order valence-electron chi connectivity index (χ4n) is 1.99. The molecule has 5 heteroatoms. The van der Waals surface area contributed by atoms with Crippen molar-refractivity contribution >= 4 is 21.6 Å². The number of sulfonamides is 1. The molecule has 0 aliphatic rings. The standard InChI is InChI=1S/C14H22ClNO2S/c1-5-14(4,8-9-15)16-19(17,18)13-7-6-11(2)10-12(13)3/h6-7,10,16H,5,8-9H2,1-4H3. The van der Waals surface area contributed by atoms with Gasteiger partial charge in [0.15, 0.2) is 0 Å². The smallest absolute Gasteiger partial charge is 0.207 e. The summed E-state index contributed by atoms with van der Waals surface area (Å²) in [6.45, 7) is 7.60. The Bertz CT molecular complexity index is 542. The zero-order chi connectivity index (χ0) is 14.7. The van der Waals surface area contributed by atoms with Crippen molar-refractivity contribution in [2.75, 3.05) is 5.88 Å². The van der Waals surface area contributed by atoms with Gasteiger partial charge >= 0.3 is 0 Å². The largest absolute Gasteiger partial charge is 0.241 e. The number of hydrogen-bond donors (Lipinski definition) is 1. The van der Waals surface area contributed by atoms with E-state index >= 15 is 0 Å². The maximum Gasteiger partial charge on any atom is 0.241 e. The van der Waals surface area contributed by atoms with E-state index in [0.717, 1.165) is 11.1 Å². The number of rotatable bonds is 6. The molecule has 0 aliphatic carbocycles. The van der Waals surface area contributed by atoms with Gasteiger partial charge < -0.3 is 0 Å². The first-order valence-electron chi connectivity index (χ1n) is 6.41. The van der Waals surface area contributed by atoms with Crippen molar-refractivity contribution in [1.82, 2.24) is 4.72 Å². The van der Waals surface area contributed by atoms with Gasteiger partial charge in [-0.25, -0.2) is 13.1 Å². The molecule has 1 unspecified atom stereocenters. The van der Waals surface area contributed by atoms with E-state index in [0.29, 0.717) is 23.6 Å². The summed E-state index contributed by atoms with van der Waals surface area (Å²) in [5.74, 6) is 0.430. The van der Waals surface area contributed by atoms with E-state index < -0.39 is 15.6 Å². The Morgan fingerprint density at radius 2 is 1.95 bits per heavy atom. The minimum atomic E-state index is -3.51. The number of halogens is 1. The molecule has 0 fully saturated rings. The Hall–Kier alpha value is -0.580. The lowest BCUT2D eigenvalue weighted by Crippen LogP contribution is -2.45. The average Bonchev–Trinajstić information content (AvgIpc) is 2.27. The van der Waals surface area contributed by atoms with Gasteiger partial charge in [-0.05, 0) is 45.2 Å². The van der Waals surface area contributed by atoms with Gasteiger partial charge in [-0.15, -0.1) is 11.6 Å². The summed E-state index contributed by atoms with van der Waals surface area (Å²) < 4.78 is 27.7. The molecule has 108 valence electrons. The molecule has 1 aromatic carbocycles. The van der Waals surface area contributed by atoms with Crippen LogP contribution in [-0.4, -0.2) is 19.8 Å². The van der Waals surface area contributed by atoms with Gasteiger partial charge in [-0.1, -0.05) is 24.6 Å². The molecular formula is C14H22ClNO2S. The molecule has 1 atom stereocenters. The normalized spacial score (nSPS) is 15.2. The first kappa shape index (κ1) is 16.5. The van der Waals surface area contributed by atoms with Gasteiger partial charge in [0.2, 0.25) is 10.0 Å². The molecule has 1 N–H and O–H groups in total. The van der Waals surface area contributed by atoms with E-state index in [-0.39, 0.29) is 0 Å². The van der Waals surface area contributed by atoms with Gasteiger partial charge in [0.05, 0.1) is 4.90 Å². The Morgan fingerprint density at radius 3 is 2.42 bits per heavy atom. The lowest BCUT2D eigenvalue weighted by molar-refractivity contribution is 0.390. The number of aryl methyl sites for hydroxylation is 2. The van der Waals surface area contributed by atoms with E-state index in [9.17, 15) is 8.42 Å². The molecule has 0 saturated carbocycles. The molecule has 0 saturated heterocycles. The van der Waals surface area contributed by atoms with Crippen LogP contribution in [0.4, 0.5) is 0 Å². The molecule has 0 aromatic heterocycles. The molecule has 19 heavy (non-hydrogen) atoms. The van der Waals surface area contributed by atoms with Crippen LogP contribution in [0, 0.1) is 13.8 Å². The predicted octanol–water partition coefficient (Wildman–Crippen LogP) is 3.38. The first-order valence-corrected chi connectivity index (χ1v) is 8.43. The summed E-state index contributed by atoms with van der Waals surface area (Å²) in [6, 6.07) is 5.34. The number of benzene rings is 1. The summed E-state index contributed by atoms with van der Waals surface area (Å²) in [7, 11) is -3.51. The van der Waals surface area contributed by atoms with Crippen LogP contribution in [0.5, 0.6) is 0 Å². The van der Waals surface area contributed by atoms with Gasteiger partial charge in [0.1, 0.15) is 0 Å². The molecule has 1 rings (SSSR count). The third-order valence-electron chi connectivity index (χ3n) is 3.43. The zero-order valence-corrected chi connectivity index (χ0v) is 13.5. The predicted molar refractivity (Wildman–Crippen MR) is 80.3 cm³/mol. The molecule has 1 aromatic rings. The Labute approximate surface area is 121 Å². The van der Waals surface area contributed by atoms with Crippen LogP contribution in [0.15, 0.2) is 23.1 Å². The summed E-state index contributed by atoms with van der Waals surface area (Å²) in [5, 5.41) is 0. The topological polar surface area (TPSA) is 46.2 Å². The fraction of sp³-hybridized carbons (Fsp3) is 0.571. The maximum atomic E-state index is 12.5. The van der Waals surface area contributed by atoms with Crippen molar-refractivity contribution in [1.29, 1.82) is 0 Å². The van der Waals surface area contributed by atoms with Crippen LogP contribution in [0.3, 0.4) is 0 Å². The molecule has 0 aliphatic heterocycles. The molecule has 0 spiro atoms. The first-order chi connectivity index (χ1) is 8.74. The lowest BCUT2D eigenvalue weighted by atomic mass is 9.97. The number of alkyl halides is 1. The third kappa shape index (κ3) is 4.20. The molecule has 3 nitrogen and oxygen atoms in total. The molecule has 0 heterocycles. The van der Waals surface area contributed by atoms with Crippen LogP contribution in [0.1, 0.15) is 37.8 Å². The average molecular weight is 304 g/mol. The van der Waals surface area contributed by atoms with Gasteiger partial charge in [-0.2, -0.15) is 0 Å². The van der Waals surface area contributed by atoms with E-state index in [4.69, 9.17) is 11.6 Å². The van der Waals surface area contributed by atoms with Gasteiger partial charge in [0.25, 0.3) is 0 Å². The second-order valence-electron chi connectivity index (χ2n) is 5.23. The van der Waals surface area contributed by atoms with Crippen LogP contribution in [-0.2, 0) is 10.0 Å². The van der Waals surface area contributed by atoms with Crippen molar-refractivity contribution < 1.29 is 8.42 Å². The van der Waals surface area contributed by atoms with E-state index in [1.807, 2.05) is 39.8 Å². The van der Waals surface area contributed by atoms with E-state index in [1.54, 1.807) is 6.07 Å². The Balaban J connectivity index is 3.10. The van der Waals surface area contributed by atoms with E-state index in [1.165, 1.54) is 0 Å². The minimum Gasteiger partial charge on any atom is -0.207 e. The lowest BCUT2D eigenvalue weighted by Gasteiger charge is -2.28. The van der Waals surface area contributed by atoms with Crippen molar-refractivity contribution in [3.63, 3.8) is 0 Å². The Morgan fingerprint density at radius 1 is 1.32 bits per heavy atom. The SMILES string of the molecule is CCC(C)(CCCl)NS(=O)(=O)c1ccc(C)cc1C. The van der Waals surface area contributed by atoms with Crippen molar-refractivity contribution in [3.8, 4) is 0 Å². The summed E-state index contributed by atoms with van der Waals surface area (Å²) in [6.07, 6.45) is 1.30. The highest BCUT2D eigenvalue weighted by atomic mass is 35.5. The molecule has 0 amide bonds. The van der Waals surface area contributed by atoms with Crippen LogP contribution in [0.2, 0.25) is 0 Å². The van der Waals surface area contributed by atoms with Crippen LogP contribution >= 0.6 is 11.6 Å². The fourth-order valence-corrected chi connectivity index (χ4v) is 4.14. The highest BCUT2D eigenvalue weighted by molar-refractivity contribution is 7.89. The second-order valence-corrected chi connectivity index (χ2v) is 7.26. The molecule has 0 bridgehead atoms. The monoisotopic (exact) mass is 303 g/mol. The Kier molecular flexibility index (Phi) is 5.42. The summed E-state index contributed by atoms with van der Waals surface area (Å²) in [4.78, 5) is 0.340. The summed E-state index contributed by atoms with van der Waals surface area (Å²) >= 11 is 5.76. The molecular weight excluding hydrogens is 282 g/mol. The van der Waals surface area contributed by atoms with Crippen molar-refractivity contribution in [2.45, 2.75) is 51.0 Å². The van der Waals surface area contributed by atoms with Gasteiger partial charge in [0, 0.05) is 11.4 Å². The van der Waals surface area contributed by atoms with E-state index in [2.05, 4.69) is 4.72 Å². The van der Waals surface area contributed by atoms with Crippen LogP contribution in [0.25, 0.3) is 0 Å². The van der Waals surface area contributed by atoms with Crippen molar-refractivity contribution in [3.05, 3.63) is 29.3 Å². The van der Waals surface area contributed by atoms with Crippen LogP contribution < -0.4 is 4.72 Å². The third-order valence-corrected chi connectivity index (χ3v) is 5.41. The maximum absolute atomic E-state index is 12.5. The van der Waals surface area contributed by atoms with Crippen molar-refractivity contribution in [2.24, 2.45) is 0 Å². The zero-order valence-electron chi connectivity index (χ0n) is 12.0.